The molecule has 148 valence electrons. The van der Waals surface area contributed by atoms with Crippen LogP contribution in [-0.2, 0) is 19.6 Å². The van der Waals surface area contributed by atoms with Gasteiger partial charge in [0.15, 0.2) is 0 Å². The largest absolute Gasteiger partial charge is 0.489 e. The second-order valence-electron chi connectivity index (χ2n) is 7.40. The van der Waals surface area contributed by atoms with E-state index in [-0.39, 0.29) is 0 Å². The standard InChI is InChI=1S/C25H27N3O/c1-19-11-13-20(14-12-19)18-29-22-7-4-6-21(16-22)17-26-15-5-10-25-27-23-8-2-3-9-24(23)28-25/h2-4,6-9,11-14,16,26H,5,10,15,17-18H2,1H3,(H,27,28). The Morgan fingerprint density at radius 3 is 2.66 bits per heavy atom. The van der Waals surface area contributed by atoms with Crippen LogP contribution < -0.4 is 10.1 Å². The Morgan fingerprint density at radius 1 is 0.931 bits per heavy atom. The number of fused-ring (bicyclic) bond motifs is 1. The predicted octanol–water partition coefficient (Wildman–Crippen LogP) is 5.17. The van der Waals surface area contributed by atoms with E-state index in [0.717, 1.165) is 48.5 Å². The normalized spacial score (nSPS) is 11.1. The smallest absolute Gasteiger partial charge is 0.120 e. The van der Waals surface area contributed by atoms with Crippen LogP contribution in [0.4, 0.5) is 0 Å². The van der Waals surface area contributed by atoms with E-state index < -0.39 is 0 Å². The summed E-state index contributed by atoms with van der Waals surface area (Å²) in [7, 11) is 0. The quantitative estimate of drug-likeness (QED) is 0.391. The molecule has 0 radical (unpaired) electrons. The molecule has 0 amide bonds. The number of imidazole rings is 1. The van der Waals surface area contributed by atoms with Crippen LogP contribution in [0.25, 0.3) is 11.0 Å². The molecule has 4 aromatic rings. The monoisotopic (exact) mass is 385 g/mol. The Morgan fingerprint density at radius 2 is 1.79 bits per heavy atom. The first-order valence-corrected chi connectivity index (χ1v) is 10.2. The summed E-state index contributed by atoms with van der Waals surface area (Å²) in [6.45, 7) is 4.47. The third kappa shape index (κ3) is 5.46. The van der Waals surface area contributed by atoms with Crippen molar-refractivity contribution in [2.75, 3.05) is 6.54 Å². The van der Waals surface area contributed by atoms with Crippen molar-refractivity contribution in [2.24, 2.45) is 0 Å². The minimum Gasteiger partial charge on any atom is -0.489 e. The molecule has 0 aliphatic rings. The molecule has 0 atom stereocenters. The summed E-state index contributed by atoms with van der Waals surface area (Å²) in [5, 5.41) is 3.52. The number of para-hydroxylation sites is 2. The van der Waals surface area contributed by atoms with E-state index in [1.54, 1.807) is 0 Å². The highest BCUT2D eigenvalue weighted by Crippen LogP contribution is 2.16. The van der Waals surface area contributed by atoms with Crippen molar-refractivity contribution in [2.45, 2.75) is 32.9 Å². The van der Waals surface area contributed by atoms with E-state index in [4.69, 9.17) is 4.74 Å². The summed E-state index contributed by atoms with van der Waals surface area (Å²) in [6, 6.07) is 24.9. The summed E-state index contributed by atoms with van der Waals surface area (Å²) in [6.07, 6.45) is 1.99. The van der Waals surface area contributed by atoms with E-state index in [0.29, 0.717) is 6.61 Å². The molecule has 4 nitrogen and oxygen atoms in total. The molecule has 0 bridgehead atoms. The minimum absolute atomic E-state index is 0.592. The number of aromatic nitrogens is 2. The van der Waals surface area contributed by atoms with Gasteiger partial charge in [-0.2, -0.15) is 0 Å². The van der Waals surface area contributed by atoms with Gasteiger partial charge in [-0.1, -0.05) is 54.1 Å². The molecule has 2 N–H and O–H groups in total. The van der Waals surface area contributed by atoms with Crippen LogP contribution in [0.3, 0.4) is 0 Å². The number of nitrogens with one attached hydrogen (secondary N) is 2. The number of aryl methyl sites for hydroxylation is 2. The van der Waals surface area contributed by atoms with Crippen molar-refractivity contribution in [1.82, 2.24) is 15.3 Å². The highest BCUT2D eigenvalue weighted by atomic mass is 16.5. The number of ether oxygens (including phenoxy) is 1. The highest BCUT2D eigenvalue weighted by Gasteiger charge is 2.02. The second kappa shape index (κ2) is 9.39. The Hall–Kier alpha value is -3.11. The molecule has 0 aliphatic heterocycles. The Balaban J connectivity index is 1.20. The predicted molar refractivity (Wildman–Crippen MR) is 118 cm³/mol. The number of hydrogen-bond donors (Lipinski definition) is 2. The summed E-state index contributed by atoms with van der Waals surface area (Å²) in [5.74, 6) is 1.96. The fourth-order valence-corrected chi connectivity index (χ4v) is 3.33. The fraction of sp³-hybridized carbons (Fsp3) is 0.240. The lowest BCUT2D eigenvalue weighted by Gasteiger charge is -2.09. The van der Waals surface area contributed by atoms with Crippen molar-refractivity contribution in [3.05, 3.63) is 95.3 Å². The zero-order valence-electron chi connectivity index (χ0n) is 16.8. The fourth-order valence-electron chi connectivity index (χ4n) is 3.33. The maximum Gasteiger partial charge on any atom is 0.120 e. The van der Waals surface area contributed by atoms with E-state index >= 15 is 0 Å². The summed E-state index contributed by atoms with van der Waals surface area (Å²) in [4.78, 5) is 8.02. The summed E-state index contributed by atoms with van der Waals surface area (Å²) < 4.78 is 5.95. The third-order valence-corrected chi connectivity index (χ3v) is 4.96. The second-order valence-corrected chi connectivity index (χ2v) is 7.40. The van der Waals surface area contributed by atoms with Crippen molar-refractivity contribution >= 4 is 11.0 Å². The molecule has 0 fully saturated rings. The van der Waals surface area contributed by atoms with Gasteiger partial charge in [0.05, 0.1) is 11.0 Å². The van der Waals surface area contributed by atoms with Crippen LogP contribution in [0, 0.1) is 6.92 Å². The molecular weight excluding hydrogens is 358 g/mol. The molecule has 1 heterocycles. The first kappa shape index (κ1) is 19.2. The van der Waals surface area contributed by atoms with Crippen LogP contribution in [0.15, 0.2) is 72.8 Å². The van der Waals surface area contributed by atoms with E-state index in [2.05, 4.69) is 70.7 Å². The van der Waals surface area contributed by atoms with Gasteiger partial charge in [0.1, 0.15) is 18.2 Å². The molecule has 1 aromatic heterocycles. The Kier molecular flexibility index (Phi) is 6.22. The molecular formula is C25H27N3O. The maximum atomic E-state index is 5.95. The van der Waals surface area contributed by atoms with Gasteiger partial charge in [0.2, 0.25) is 0 Å². The molecule has 4 rings (SSSR count). The third-order valence-electron chi connectivity index (χ3n) is 4.96. The molecule has 0 saturated carbocycles. The summed E-state index contributed by atoms with van der Waals surface area (Å²) >= 11 is 0. The number of rotatable bonds is 9. The summed E-state index contributed by atoms with van der Waals surface area (Å²) in [5.41, 5.74) is 5.83. The van der Waals surface area contributed by atoms with Crippen molar-refractivity contribution < 1.29 is 4.74 Å². The lowest BCUT2D eigenvalue weighted by atomic mass is 10.1. The van der Waals surface area contributed by atoms with Crippen molar-refractivity contribution in [3.63, 3.8) is 0 Å². The number of aromatic amines is 1. The van der Waals surface area contributed by atoms with Gasteiger partial charge in [-0.3, -0.25) is 0 Å². The van der Waals surface area contributed by atoms with Gasteiger partial charge < -0.3 is 15.0 Å². The number of benzene rings is 3. The van der Waals surface area contributed by atoms with Crippen LogP contribution in [-0.4, -0.2) is 16.5 Å². The van der Waals surface area contributed by atoms with Gasteiger partial charge in [-0.15, -0.1) is 0 Å². The van der Waals surface area contributed by atoms with Crippen LogP contribution in [0.2, 0.25) is 0 Å². The Labute approximate surface area is 172 Å². The van der Waals surface area contributed by atoms with Crippen molar-refractivity contribution in [3.8, 4) is 5.75 Å². The average Bonchev–Trinajstić information content (AvgIpc) is 3.16. The number of H-pyrrole nitrogens is 1. The first-order chi connectivity index (χ1) is 14.3. The molecule has 29 heavy (non-hydrogen) atoms. The zero-order chi connectivity index (χ0) is 19.9. The van der Waals surface area contributed by atoms with Gasteiger partial charge >= 0.3 is 0 Å². The molecule has 0 saturated heterocycles. The highest BCUT2D eigenvalue weighted by molar-refractivity contribution is 5.74. The van der Waals surface area contributed by atoms with E-state index in [1.165, 1.54) is 16.7 Å². The van der Waals surface area contributed by atoms with Crippen LogP contribution in [0.5, 0.6) is 5.75 Å². The lowest BCUT2D eigenvalue weighted by Crippen LogP contribution is -2.15. The van der Waals surface area contributed by atoms with Gasteiger partial charge in [0, 0.05) is 13.0 Å². The lowest BCUT2D eigenvalue weighted by molar-refractivity contribution is 0.306. The van der Waals surface area contributed by atoms with Gasteiger partial charge in [-0.25, -0.2) is 4.98 Å². The average molecular weight is 386 g/mol. The number of nitrogens with zero attached hydrogens (tertiary/aromatic N) is 1. The molecule has 4 heteroatoms. The van der Waals surface area contributed by atoms with E-state index in [9.17, 15) is 0 Å². The van der Waals surface area contributed by atoms with E-state index in [1.807, 2.05) is 24.3 Å². The SMILES string of the molecule is Cc1ccc(COc2cccc(CNCCCc3nc4ccccc4[nH]3)c2)cc1. The van der Waals surface area contributed by atoms with Crippen LogP contribution >= 0.6 is 0 Å². The van der Waals surface area contributed by atoms with Gasteiger partial charge in [0.25, 0.3) is 0 Å². The molecule has 0 spiro atoms. The molecule has 3 aromatic carbocycles. The van der Waals surface area contributed by atoms with Gasteiger partial charge in [-0.05, 0) is 55.3 Å². The molecule has 0 unspecified atom stereocenters. The Bertz CT molecular complexity index is 1020. The van der Waals surface area contributed by atoms with Crippen LogP contribution in [0.1, 0.15) is 28.9 Å². The number of hydrogen-bond acceptors (Lipinski definition) is 3. The molecule has 0 aliphatic carbocycles. The topological polar surface area (TPSA) is 49.9 Å². The minimum atomic E-state index is 0.592. The van der Waals surface area contributed by atoms with Crippen molar-refractivity contribution in [1.29, 1.82) is 0 Å². The maximum absolute atomic E-state index is 5.95. The zero-order valence-corrected chi connectivity index (χ0v) is 16.8. The first-order valence-electron chi connectivity index (χ1n) is 10.2.